The molecule has 0 unspecified atom stereocenters. The molecule has 0 fully saturated rings. The number of hydrogen-bond donors (Lipinski definition) is 2. The van der Waals surface area contributed by atoms with Gasteiger partial charge >= 0.3 is 0 Å². The van der Waals surface area contributed by atoms with Crippen molar-refractivity contribution in [3.8, 4) is 11.5 Å². The van der Waals surface area contributed by atoms with Gasteiger partial charge in [0.15, 0.2) is 11.6 Å². The zero-order valence-electron chi connectivity index (χ0n) is 13.6. The van der Waals surface area contributed by atoms with Crippen LogP contribution in [-0.2, 0) is 0 Å². The molecule has 4 nitrogen and oxygen atoms in total. The molecule has 0 aromatic heterocycles. The molecule has 0 aliphatic rings. The monoisotopic (exact) mass is 332 g/mol. The molecule has 3 aromatic carbocycles. The molecular formula is C21H16O4. The number of hydrogen-bond acceptors (Lipinski definition) is 4. The summed E-state index contributed by atoms with van der Waals surface area (Å²) in [4.78, 5) is 25.1. The normalized spacial score (nSPS) is 10.4. The first-order valence-corrected chi connectivity index (χ1v) is 7.74. The van der Waals surface area contributed by atoms with E-state index < -0.39 is 0 Å². The van der Waals surface area contributed by atoms with E-state index in [0.717, 1.165) is 0 Å². The number of phenolic OH excluding ortho intramolecular Hbond substituents is 2. The maximum Gasteiger partial charge on any atom is 0.193 e. The van der Waals surface area contributed by atoms with Gasteiger partial charge in [-0.15, -0.1) is 0 Å². The van der Waals surface area contributed by atoms with E-state index in [-0.39, 0.29) is 23.1 Å². The van der Waals surface area contributed by atoms with E-state index in [2.05, 4.69) is 0 Å². The summed E-state index contributed by atoms with van der Waals surface area (Å²) in [6.45, 7) is 1.78. The summed E-state index contributed by atoms with van der Waals surface area (Å²) in [6, 6.07) is 17.0. The number of benzene rings is 3. The zero-order chi connectivity index (χ0) is 18.0. The van der Waals surface area contributed by atoms with Crippen molar-refractivity contribution in [3.05, 3.63) is 94.5 Å². The Balaban J connectivity index is 1.90. The molecule has 25 heavy (non-hydrogen) atoms. The number of aromatic hydroxyl groups is 2. The van der Waals surface area contributed by atoms with Crippen LogP contribution in [0.15, 0.2) is 66.7 Å². The number of phenols is 2. The number of rotatable bonds is 4. The maximum atomic E-state index is 12.6. The van der Waals surface area contributed by atoms with Gasteiger partial charge in [0.05, 0.1) is 0 Å². The van der Waals surface area contributed by atoms with Crippen LogP contribution in [0, 0.1) is 6.92 Å². The van der Waals surface area contributed by atoms with Crippen molar-refractivity contribution in [1.29, 1.82) is 0 Å². The van der Waals surface area contributed by atoms with Gasteiger partial charge in [-0.3, -0.25) is 9.59 Å². The van der Waals surface area contributed by atoms with E-state index in [1.165, 1.54) is 24.3 Å². The van der Waals surface area contributed by atoms with Crippen LogP contribution in [-0.4, -0.2) is 21.8 Å². The molecule has 2 N–H and O–H groups in total. The standard InChI is InChI=1S/C21H16O4/c1-13-12-16(20(24)14-2-7-17(22)8-3-14)6-11-19(13)21(25)15-4-9-18(23)10-5-15/h2-12,22-23H,1H3. The van der Waals surface area contributed by atoms with Crippen LogP contribution in [0.3, 0.4) is 0 Å². The molecule has 4 heteroatoms. The average Bonchev–Trinajstić information content (AvgIpc) is 2.62. The van der Waals surface area contributed by atoms with E-state index in [1.54, 1.807) is 49.4 Å². The Morgan fingerprint density at radius 2 is 1.08 bits per heavy atom. The third-order valence-electron chi connectivity index (χ3n) is 3.99. The molecule has 124 valence electrons. The molecule has 0 aliphatic carbocycles. The molecule has 0 atom stereocenters. The number of carbonyl (C=O) groups excluding carboxylic acids is 2. The molecule has 0 saturated heterocycles. The minimum absolute atomic E-state index is 0.0996. The van der Waals surface area contributed by atoms with Gasteiger partial charge in [0.1, 0.15) is 11.5 Å². The summed E-state index contributed by atoms with van der Waals surface area (Å²) < 4.78 is 0. The second-order valence-electron chi connectivity index (χ2n) is 5.78. The Bertz CT molecular complexity index is 939. The summed E-state index contributed by atoms with van der Waals surface area (Å²) in [5, 5.41) is 18.6. The molecular weight excluding hydrogens is 316 g/mol. The zero-order valence-corrected chi connectivity index (χ0v) is 13.6. The van der Waals surface area contributed by atoms with E-state index in [4.69, 9.17) is 0 Å². The quantitative estimate of drug-likeness (QED) is 0.711. The Morgan fingerprint density at radius 1 is 0.640 bits per heavy atom. The Morgan fingerprint density at radius 3 is 1.56 bits per heavy atom. The van der Waals surface area contributed by atoms with E-state index >= 15 is 0 Å². The predicted molar refractivity (Wildman–Crippen MR) is 94.3 cm³/mol. The molecule has 0 amide bonds. The minimum Gasteiger partial charge on any atom is -0.508 e. The highest BCUT2D eigenvalue weighted by atomic mass is 16.3. The van der Waals surface area contributed by atoms with Gasteiger partial charge < -0.3 is 10.2 Å². The molecule has 3 aromatic rings. The van der Waals surface area contributed by atoms with E-state index in [1.807, 2.05) is 0 Å². The largest absolute Gasteiger partial charge is 0.508 e. The number of ketones is 2. The lowest BCUT2D eigenvalue weighted by atomic mass is 9.94. The minimum atomic E-state index is -0.174. The third-order valence-corrected chi connectivity index (χ3v) is 3.99. The smallest absolute Gasteiger partial charge is 0.193 e. The Labute approximate surface area is 145 Å². The van der Waals surface area contributed by atoms with Gasteiger partial charge in [-0.05, 0) is 67.1 Å². The van der Waals surface area contributed by atoms with E-state index in [9.17, 15) is 19.8 Å². The average molecular weight is 332 g/mol. The summed E-state index contributed by atoms with van der Waals surface area (Å²) in [5.74, 6) is -0.140. The number of carbonyl (C=O) groups is 2. The Hall–Kier alpha value is -3.40. The maximum absolute atomic E-state index is 12.6. The van der Waals surface area contributed by atoms with Gasteiger partial charge in [0.2, 0.25) is 0 Å². The summed E-state index contributed by atoms with van der Waals surface area (Å²) in [5.41, 5.74) is 2.62. The molecule has 0 aliphatic heterocycles. The van der Waals surface area contributed by atoms with Crippen LogP contribution >= 0.6 is 0 Å². The lowest BCUT2D eigenvalue weighted by Gasteiger charge is -2.08. The fourth-order valence-corrected chi connectivity index (χ4v) is 2.61. The molecule has 0 spiro atoms. The fourth-order valence-electron chi connectivity index (χ4n) is 2.61. The van der Waals surface area contributed by atoms with Gasteiger partial charge in [-0.25, -0.2) is 0 Å². The van der Waals surface area contributed by atoms with Crippen molar-refractivity contribution >= 4 is 11.6 Å². The van der Waals surface area contributed by atoms with Crippen LogP contribution in [0.4, 0.5) is 0 Å². The number of aryl methyl sites for hydroxylation is 1. The van der Waals surface area contributed by atoms with Gasteiger partial charge in [-0.1, -0.05) is 12.1 Å². The first kappa shape index (κ1) is 16.5. The lowest BCUT2D eigenvalue weighted by molar-refractivity contribution is 0.102. The molecule has 3 rings (SSSR count). The van der Waals surface area contributed by atoms with Crippen LogP contribution in [0.2, 0.25) is 0 Å². The highest BCUT2D eigenvalue weighted by molar-refractivity contribution is 6.12. The van der Waals surface area contributed by atoms with Crippen molar-refractivity contribution in [2.75, 3.05) is 0 Å². The van der Waals surface area contributed by atoms with Crippen molar-refractivity contribution in [3.63, 3.8) is 0 Å². The molecule has 0 radical (unpaired) electrons. The van der Waals surface area contributed by atoms with Crippen LogP contribution in [0.5, 0.6) is 11.5 Å². The Kier molecular flexibility index (Phi) is 4.35. The first-order chi connectivity index (χ1) is 12.0. The highest BCUT2D eigenvalue weighted by Gasteiger charge is 2.15. The van der Waals surface area contributed by atoms with E-state index in [0.29, 0.717) is 27.8 Å². The molecule has 0 bridgehead atoms. The summed E-state index contributed by atoms with van der Waals surface area (Å²) in [7, 11) is 0. The first-order valence-electron chi connectivity index (χ1n) is 7.74. The highest BCUT2D eigenvalue weighted by Crippen LogP contribution is 2.20. The van der Waals surface area contributed by atoms with Crippen molar-refractivity contribution in [2.24, 2.45) is 0 Å². The van der Waals surface area contributed by atoms with Crippen LogP contribution in [0.1, 0.15) is 37.4 Å². The molecule has 0 heterocycles. The van der Waals surface area contributed by atoms with Gasteiger partial charge in [-0.2, -0.15) is 0 Å². The van der Waals surface area contributed by atoms with Crippen molar-refractivity contribution < 1.29 is 19.8 Å². The lowest BCUT2D eigenvalue weighted by Crippen LogP contribution is -2.07. The predicted octanol–water partition coefficient (Wildman–Crippen LogP) is 3.87. The molecule has 0 saturated carbocycles. The van der Waals surface area contributed by atoms with Gasteiger partial charge in [0, 0.05) is 22.3 Å². The summed E-state index contributed by atoms with van der Waals surface area (Å²) >= 11 is 0. The van der Waals surface area contributed by atoms with Gasteiger partial charge in [0.25, 0.3) is 0 Å². The van der Waals surface area contributed by atoms with Crippen molar-refractivity contribution in [1.82, 2.24) is 0 Å². The third kappa shape index (κ3) is 3.43. The van der Waals surface area contributed by atoms with Crippen LogP contribution < -0.4 is 0 Å². The topological polar surface area (TPSA) is 74.6 Å². The second-order valence-corrected chi connectivity index (χ2v) is 5.78. The SMILES string of the molecule is Cc1cc(C(=O)c2ccc(O)cc2)ccc1C(=O)c1ccc(O)cc1. The second kappa shape index (κ2) is 6.61. The summed E-state index contributed by atoms with van der Waals surface area (Å²) in [6.07, 6.45) is 0. The van der Waals surface area contributed by atoms with Crippen LogP contribution in [0.25, 0.3) is 0 Å². The van der Waals surface area contributed by atoms with Crippen molar-refractivity contribution in [2.45, 2.75) is 6.92 Å². The fraction of sp³-hybridized carbons (Fsp3) is 0.0476.